The summed E-state index contributed by atoms with van der Waals surface area (Å²) in [5.74, 6) is -4.67. The number of nitrogens with one attached hydrogen (secondary N) is 10. The number of rotatable bonds is 57. The van der Waals surface area contributed by atoms with Gasteiger partial charge in [-0.15, -0.1) is 0 Å². The van der Waals surface area contributed by atoms with E-state index in [1.54, 1.807) is 0 Å². The molecule has 9 atom stereocenters. The lowest BCUT2D eigenvalue weighted by Crippen LogP contribution is -2.62. The summed E-state index contributed by atoms with van der Waals surface area (Å²) >= 11 is 0. The van der Waals surface area contributed by atoms with Crippen LogP contribution in [0.3, 0.4) is 0 Å². The average Bonchev–Trinajstić information content (AvgIpc) is 0.836. The van der Waals surface area contributed by atoms with E-state index in [1.807, 2.05) is 30.3 Å². The summed E-state index contributed by atoms with van der Waals surface area (Å²) in [6.07, 6.45) is 2.87. The lowest BCUT2D eigenvalue weighted by atomic mass is 9.98. The molecular weight excluding hydrogens is 1470 g/mol. The Bertz CT molecular complexity index is 2820. The summed E-state index contributed by atoms with van der Waals surface area (Å²) < 4.78 is 24.2. The van der Waals surface area contributed by atoms with Crippen molar-refractivity contribution in [2.24, 2.45) is 0 Å². The van der Waals surface area contributed by atoms with E-state index in [0.29, 0.717) is 38.9 Å². The molecule has 113 heavy (non-hydrogen) atoms. The first-order valence-corrected chi connectivity index (χ1v) is 40.1. The van der Waals surface area contributed by atoms with Crippen LogP contribution in [0.5, 0.6) is 0 Å². The van der Waals surface area contributed by atoms with Gasteiger partial charge in [0.15, 0.2) is 0 Å². The summed E-state index contributed by atoms with van der Waals surface area (Å²) in [5, 5.41) is 88.9. The van der Waals surface area contributed by atoms with Crippen LogP contribution in [0.1, 0.15) is 187 Å². The lowest BCUT2D eigenvalue weighted by molar-refractivity contribution is -0.142. The van der Waals surface area contributed by atoms with Crippen LogP contribution in [-0.2, 0) is 87.9 Å². The number of nitrogens with zero attached hydrogens (tertiary/aromatic N) is 3. The zero-order valence-electron chi connectivity index (χ0n) is 66.4. The Morgan fingerprint density at radius 1 is 0.336 bits per heavy atom. The zero-order valence-corrected chi connectivity index (χ0v) is 66.4. The molecule has 640 valence electrons. The Morgan fingerprint density at radius 3 is 0.947 bits per heavy atom. The number of amides is 13. The van der Waals surface area contributed by atoms with Gasteiger partial charge in [0.05, 0.1) is 82.7 Å². The molecule has 3 fully saturated rings. The zero-order chi connectivity index (χ0) is 82.8. The van der Waals surface area contributed by atoms with E-state index < -0.39 is 78.0 Å². The van der Waals surface area contributed by atoms with Gasteiger partial charge in [-0.3, -0.25) is 62.3 Å². The molecule has 3 aliphatic rings. The summed E-state index contributed by atoms with van der Waals surface area (Å²) in [6, 6.07) is 7.54. The molecule has 16 N–H and O–H groups in total. The summed E-state index contributed by atoms with van der Waals surface area (Å²) in [7, 11) is 0. The minimum Gasteiger partial charge on any atom is -0.388 e. The number of likely N-dealkylation sites (tertiary alicyclic amines) is 3. The van der Waals surface area contributed by atoms with Crippen molar-refractivity contribution in [1.82, 2.24) is 67.9 Å². The van der Waals surface area contributed by atoms with Crippen LogP contribution in [0.4, 0.5) is 0 Å². The number of β-amino-alcohol motifs (C(OH)–C–C–N with tert-alkyl or cyclic N) is 3. The van der Waals surface area contributed by atoms with Crippen molar-refractivity contribution < 1.29 is 112 Å². The maximum Gasteiger partial charge on any atom is 0.222 e. The third-order valence-corrected chi connectivity index (χ3v) is 19.3. The Kier molecular flexibility index (Phi) is 48.4. The van der Waals surface area contributed by atoms with Crippen LogP contribution >= 0.6 is 0 Å². The number of aliphatic hydroxyl groups is 6. The topological polar surface area (TPSA) is 510 Å². The molecule has 3 heterocycles. The van der Waals surface area contributed by atoms with Gasteiger partial charge in [0.2, 0.25) is 76.8 Å². The van der Waals surface area contributed by atoms with Gasteiger partial charge in [-0.1, -0.05) is 75.3 Å². The minimum absolute atomic E-state index is 0.000366. The summed E-state index contributed by atoms with van der Waals surface area (Å²) in [6.45, 7) is 5.03. The molecule has 0 spiro atoms. The van der Waals surface area contributed by atoms with Crippen molar-refractivity contribution >= 4 is 76.8 Å². The second-order valence-corrected chi connectivity index (χ2v) is 29.4. The molecule has 0 bridgehead atoms. The average molecular weight is 1600 g/mol. The van der Waals surface area contributed by atoms with E-state index in [1.165, 1.54) is 35.5 Å². The summed E-state index contributed by atoms with van der Waals surface area (Å²) in [4.78, 5) is 169. The normalized spacial score (nSPS) is 19.6. The van der Waals surface area contributed by atoms with Crippen LogP contribution in [0, 0.1) is 0 Å². The highest BCUT2D eigenvalue weighted by atomic mass is 16.5. The molecule has 1 aromatic rings. The fourth-order valence-corrected chi connectivity index (χ4v) is 13.1. The van der Waals surface area contributed by atoms with Crippen molar-refractivity contribution in [3.05, 3.63) is 35.9 Å². The van der Waals surface area contributed by atoms with E-state index >= 15 is 0 Å². The molecule has 0 saturated carbocycles. The van der Waals surface area contributed by atoms with E-state index in [0.717, 1.165) is 56.9 Å². The molecule has 0 aliphatic carbocycles. The van der Waals surface area contributed by atoms with Crippen LogP contribution in [0.15, 0.2) is 30.3 Å². The van der Waals surface area contributed by atoms with Gasteiger partial charge in [-0.2, -0.15) is 0 Å². The molecule has 0 radical (unpaired) electrons. The van der Waals surface area contributed by atoms with Crippen LogP contribution in [-0.4, -0.2) is 307 Å². The standard InChI is InChI=1S/C77H129N13O23/c1-54(91)84-58-44-88(47-61(94)74(58)107)71(104)28-16-25-64(97)78-34-19-37-81-67(100)31-41-111-51-77(87-70(103)24-14-9-7-5-4-6-8-10-15-40-110-50-57-22-12-11-13-23-57,52-112-42-32-68(101)82-38-20-35-79-65(98)26-17-29-72(105)89-45-59(85-55(2)92)75(108)62(95)48-89)53-113-43-33-69(102)83-39-21-36-80-66(99)27-18-30-73(106)90-46-60(86-56(3)93)76(109)63(96)49-90/h11-13,22-23,58-63,74-76,94-96,107-109H,4-10,14-21,24-53H2,1-3H3,(H,78,97)(H,79,98)(H,80,99)(H,81,100)(H,82,101)(H,83,102)(H,84,91)(H,85,92)(H,86,93)(H,87,103)/t58-,59-,60?,61-,62-,63-,74+,75+,76+/m0/s1. The SMILES string of the molecule is CC(=O)NC1CN(C(=O)CCCC(=O)NCCCNC(=O)CCOCC(COCCC(=O)NCCCNC(=O)CCCC(=O)N2C[C@H](NC(C)=O)[C@@H](O)[C@@H](O)C2)(COCCC(=O)NCCCNC(=O)CCCC(=O)N2C[C@H](NC(C)=O)[C@@H](O)[C@@H](O)C2)NC(=O)CCCCCCCCCCCOCc2ccccc2)C[C@H](O)[C@@H]1O. The fourth-order valence-electron chi connectivity index (χ4n) is 13.1. The number of benzene rings is 1. The number of hydrogen-bond donors (Lipinski definition) is 16. The first-order valence-electron chi connectivity index (χ1n) is 40.1. The first kappa shape index (κ1) is 97.3. The molecule has 1 unspecified atom stereocenters. The maximum atomic E-state index is 14.0. The number of piperidine rings is 3. The van der Waals surface area contributed by atoms with Crippen molar-refractivity contribution in [2.45, 2.75) is 248 Å². The highest BCUT2D eigenvalue weighted by Gasteiger charge is 2.40. The minimum atomic E-state index is -1.40. The highest BCUT2D eigenvalue weighted by molar-refractivity contribution is 5.82. The van der Waals surface area contributed by atoms with E-state index in [9.17, 15) is 93.0 Å². The Balaban J connectivity index is 1.28. The molecule has 4 rings (SSSR count). The van der Waals surface area contributed by atoms with Gasteiger partial charge >= 0.3 is 0 Å². The Hall–Kier alpha value is -8.07. The third-order valence-electron chi connectivity index (χ3n) is 19.3. The molecule has 36 nitrogen and oxygen atoms in total. The molecule has 1 aromatic carbocycles. The van der Waals surface area contributed by atoms with Crippen LogP contribution in [0.25, 0.3) is 0 Å². The second-order valence-electron chi connectivity index (χ2n) is 29.4. The van der Waals surface area contributed by atoms with E-state index in [-0.39, 0.29) is 261 Å². The first-order chi connectivity index (χ1) is 54.1. The van der Waals surface area contributed by atoms with Crippen molar-refractivity contribution in [1.29, 1.82) is 0 Å². The van der Waals surface area contributed by atoms with Gasteiger partial charge in [-0.25, -0.2) is 0 Å². The predicted molar refractivity (Wildman–Crippen MR) is 412 cm³/mol. The maximum absolute atomic E-state index is 14.0. The van der Waals surface area contributed by atoms with Crippen molar-refractivity contribution in [3.8, 4) is 0 Å². The quantitative estimate of drug-likeness (QED) is 0.0307. The number of aliphatic hydroxyl groups excluding tert-OH is 6. The van der Waals surface area contributed by atoms with E-state index in [2.05, 4.69) is 53.2 Å². The highest BCUT2D eigenvalue weighted by Crippen LogP contribution is 2.20. The lowest BCUT2D eigenvalue weighted by Gasteiger charge is -2.39. The predicted octanol–water partition coefficient (Wildman–Crippen LogP) is -2.24. The number of hydrogen-bond acceptors (Lipinski definition) is 23. The van der Waals surface area contributed by atoms with E-state index in [4.69, 9.17) is 18.9 Å². The molecular formula is C77H129N13O23. The number of carbonyl (C=O) groups excluding carboxylic acids is 13. The fraction of sp³-hybridized carbons (Fsp3) is 0.753. The third kappa shape index (κ3) is 42.7. The van der Waals surface area contributed by atoms with Gasteiger partial charge < -0.3 is 117 Å². The van der Waals surface area contributed by atoms with Crippen LogP contribution < -0.4 is 53.2 Å². The Morgan fingerprint density at radius 2 is 0.628 bits per heavy atom. The van der Waals surface area contributed by atoms with Crippen LogP contribution in [0.2, 0.25) is 0 Å². The van der Waals surface area contributed by atoms with Gasteiger partial charge in [0.1, 0.15) is 23.9 Å². The van der Waals surface area contributed by atoms with Gasteiger partial charge in [-0.05, 0) is 56.9 Å². The summed E-state index contributed by atoms with van der Waals surface area (Å²) in [5.41, 5.74) is -0.258. The molecule has 13 amide bonds. The molecule has 0 aromatic heterocycles. The van der Waals surface area contributed by atoms with Crippen molar-refractivity contribution in [2.75, 3.05) is 125 Å². The monoisotopic (exact) mass is 1600 g/mol. The largest absolute Gasteiger partial charge is 0.388 e. The van der Waals surface area contributed by atoms with Gasteiger partial charge in [0, 0.05) is 170 Å². The smallest absolute Gasteiger partial charge is 0.222 e. The number of unbranched alkanes of at least 4 members (excludes halogenated alkanes) is 8. The van der Waals surface area contributed by atoms with Crippen molar-refractivity contribution in [3.63, 3.8) is 0 Å². The van der Waals surface area contributed by atoms with Gasteiger partial charge in [0.25, 0.3) is 0 Å². The molecule has 3 aliphatic heterocycles. The molecule has 36 heteroatoms. The number of carbonyl (C=O) groups is 13. The number of ether oxygens (including phenoxy) is 4. The second kappa shape index (κ2) is 56.2. The molecule has 3 saturated heterocycles. The Labute approximate surface area is 662 Å².